The maximum atomic E-state index is 8.56. The molecule has 0 bridgehead atoms. The van der Waals surface area contributed by atoms with Gasteiger partial charge in [-0.1, -0.05) is 0 Å². The minimum atomic E-state index is -1.83. The van der Waals surface area contributed by atoms with E-state index >= 15 is 0 Å². The summed E-state index contributed by atoms with van der Waals surface area (Å²) in [7, 11) is 0. The molecule has 0 heterocycles. The Kier molecular flexibility index (Phi) is 117. The molecule has 0 atom stereocenters. The molecule has 0 unspecified atom stereocenters. The van der Waals surface area contributed by atoms with E-state index in [0.29, 0.717) is 0 Å². The summed E-state index contributed by atoms with van der Waals surface area (Å²) < 4.78 is 0. The normalized spacial score (nSPS) is 3.00. The molecule has 0 radical (unpaired) electrons. The maximum absolute atomic E-state index is 8.56. The molecule has 7 heteroatoms. The van der Waals surface area contributed by atoms with Crippen molar-refractivity contribution in [2.45, 2.75) is 0 Å². The van der Waals surface area contributed by atoms with Crippen LogP contribution in [-0.2, 0) is 50.9 Å². The predicted molar refractivity (Wildman–Crippen MR) is 14.3 cm³/mol. The van der Waals surface area contributed by atoms with E-state index in [1.165, 1.54) is 0 Å². The second kappa shape index (κ2) is 25.0. The number of hydrogen-bond acceptors (Lipinski definition) is 1. The number of hydrogen-bond donors (Lipinski definition) is 2. The van der Waals surface area contributed by atoms with Crippen LogP contribution in [0.4, 0.5) is 4.79 Å². The monoisotopic (exact) mass is 246 g/mol. The summed E-state index contributed by atoms with van der Waals surface area (Å²) in [5.74, 6) is 0. The summed E-state index contributed by atoms with van der Waals surface area (Å²) in [5, 5.41) is 13.9. The third-order valence-electron chi connectivity index (χ3n) is 0. The van der Waals surface area contributed by atoms with E-state index < -0.39 is 6.16 Å². The van der Waals surface area contributed by atoms with Crippen molar-refractivity contribution in [3.05, 3.63) is 0 Å². The molecule has 4 N–H and O–H groups in total. The Bertz CT molecular complexity index is 39.0. The molecule has 0 amide bonds. The average Bonchev–Trinajstić information content (AvgIpc) is 0.811. The van der Waals surface area contributed by atoms with E-state index in [4.69, 9.17) is 15.0 Å². The average molecular weight is 247 g/mol. The van der Waals surface area contributed by atoms with Crippen LogP contribution < -0.4 is 0 Å². The fourth-order valence-corrected chi connectivity index (χ4v) is 0. The van der Waals surface area contributed by atoms with Crippen LogP contribution in [0, 0.1) is 0 Å². The summed E-state index contributed by atoms with van der Waals surface area (Å²) >= 11 is 0. The van der Waals surface area contributed by atoms with Crippen LogP contribution >= 0.6 is 0 Å². The first-order valence-corrected chi connectivity index (χ1v) is 0.651. The molecular weight excluding hydrogens is 243 g/mol. The van der Waals surface area contributed by atoms with E-state index in [0.717, 1.165) is 0 Å². The predicted octanol–water partition coefficient (Wildman–Crippen LogP) is -0.610. The van der Waals surface area contributed by atoms with Gasteiger partial charge in [-0.15, -0.1) is 0 Å². The Morgan fingerprint density at radius 2 is 1.25 bits per heavy atom. The van der Waals surface area contributed by atoms with Gasteiger partial charge in [0.1, 0.15) is 0 Å². The van der Waals surface area contributed by atoms with Crippen molar-refractivity contribution < 1.29 is 71.4 Å². The van der Waals surface area contributed by atoms with Gasteiger partial charge in [0.2, 0.25) is 0 Å². The Morgan fingerprint density at radius 3 is 1.25 bits per heavy atom. The summed E-state index contributed by atoms with van der Waals surface area (Å²) in [6.07, 6.45) is -1.83. The quantitative estimate of drug-likeness (QED) is 0.559. The molecule has 4 nitrogen and oxygen atoms in total. The number of carbonyl (C=O) groups is 1. The molecule has 8 heavy (non-hydrogen) atoms. The molecule has 0 aliphatic heterocycles. The van der Waals surface area contributed by atoms with Gasteiger partial charge >= 0.3 is 6.16 Å². The molecule has 0 saturated carbocycles. The van der Waals surface area contributed by atoms with E-state index in [1.54, 1.807) is 0 Å². The molecule has 0 fully saturated rings. The van der Waals surface area contributed by atoms with Crippen molar-refractivity contribution in [3.63, 3.8) is 0 Å². The van der Waals surface area contributed by atoms with Gasteiger partial charge in [-0.05, 0) is 0 Å². The Labute approximate surface area is 77.5 Å². The van der Waals surface area contributed by atoms with Crippen molar-refractivity contribution in [2.75, 3.05) is 0 Å². The maximum Gasteiger partial charge on any atom is 0.503 e. The van der Waals surface area contributed by atoms with Crippen molar-refractivity contribution in [1.29, 1.82) is 0 Å². The molecule has 0 aromatic rings. The number of carboxylic acid groups (broad SMARTS) is 2. The van der Waals surface area contributed by atoms with Crippen LogP contribution in [0.3, 0.4) is 0 Å². The smallest absolute Gasteiger partial charge is 0.450 e. The van der Waals surface area contributed by atoms with Crippen molar-refractivity contribution in [2.24, 2.45) is 0 Å². The SMILES string of the molecule is O.O=C(O)O.[Cr].[Fe].[Ni]. The second-order valence-corrected chi connectivity index (χ2v) is 0.283. The summed E-state index contributed by atoms with van der Waals surface area (Å²) in [6.45, 7) is 0. The summed E-state index contributed by atoms with van der Waals surface area (Å²) in [4.78, 5) is 8.56. The standard InChI is InChI=1S/CH2O3.Cr.Fe.Ni.H2O/c2-1(3)4;;;;/h(H2,2,3,4);;;;1H2. The molecular formula is CH4CrFeNiO4. The van der Waals surface area contributed by atoms with Crippen molar-refractivity contribution in [1.82, 2.24) is 0 Å². The number of rotatable bonds is 0. The van der Waals surface area contributed by atoms with Gasteiger partial charge in [0.25, 0.3) is 0 Å². The molecule has 0 saturated heterocycles. The first-order chi connectivity index (χ1) is 1.73. The minimum absolute atomic E-state index is 0. The second-order valence-electron chi connectivity index (χ2n) is 0.283. The van der Waals surface area contributed by atoms with Crippen LogP contribution in [0.2, 0.25) is 0 Å². The van der Waals surface area contributed by atoms with Crippen LogP contribution in [0.1, 0.15) is 0 Å². The van der Waals surface area contributed by atoms with E-state index in [1.807, 2.05) is 0 Å². The molecule has 0 spiro atoms. The largest absolute Gasteiger partial charge is 0.503 e. The zero-order valence-electron chi connectivity index (χ0n) is 3.38. The third kappa shape index (κ3) is 376. The van der Waals surface area contributed by atoms with E-state index in [9.17, 15) is 0 Å². The van der Waals surface area contributed by atoms with Gasteiger partial charge in [-0.25, -0.2) is 4.79 Å². The Hall–Kier alpha value is 0.775. The van der Waals surface area contributed by atoms with Gasteiger partial charge in [0.05, 0.1) is 0 Å². The van der Waals surface area contributed by atoms with Gasteiger partial charge in [0, 0.05) is 50.9 Å². The topological polar surface area (TPSA) is 89.0 Å². The van der Waals surface area contributed by atoms with E-state index in [2.05, 4.69) is 0 Å². The van der Waals surface area contributed by atoms with Crippen LogP contribution in [0.25, 0.3) is 0 Å². The van der Waals surface area contributed by atoms with E-state index in [-0.39, 0.29) is 56.4 Å². The summed E-state index contributed by atoms with van der Waals surface area (Å²) in [5.41, 5.74) is 0. The molecule has 0 rings (SSSR count). The Morgan fingerprint density at radius 1 is 1.25 bits per heavy atom. The van der Waals surface area contributed by atoms with Crippen molar-refractivity contribution in [3.8, 4) is 0 Å². The first-order valence-electron chi connectivity index (χ1n) is 0.651. The minimum Gasteiger partial charge on any atom is -0.450 e. The van der Waals surface area contributed by atoms with Crippen molar-refractivity contribution >= 4 is 6.16 Å². The molecule has 0 aliphatic carbocycles. The van der Waals surface area contributed by atoms with Gasteiger partial charge in [-0.2, -0.15) is 0 Å². The zero-order valence-corrected chi connectivity index (χ0v) is 6.75. The third-order valence-corrected chi connectivity index (χ3v) is 0. The molecule has 56 valence electrons. The Balaban J connectivity index is -0.00000000750. The summed E-state index contributed by atoms with van der Waals surface area (Å²) in [6, 6.07) is 0. The fourth-order valence-electron chi connectivity index (χ4n) is 0. The first kappa shape index (κ1) is 37.2. The van der Waals surface area contributed by atoms with Gasteiger partial charge in [-0.3, -0.25) is 0 Å². The molecule has 0 aromatic carbocycles. The molecule has 0 aliphatic rings. The van der Waals surface area contributed by atoms with Gasteiger partial charge < -0.3 is 15.7 Å². The van der Waals surface area contributed by atoms with Gasteiger partial charge in [0.15, 0.2) is 0 Å². The van der Waals surface area contributed by atoms with Crippen LogP contribution in [-0.4, -0.2) is 21.8 Å². The van der Waals surface area contributed by atoms with Crippen LogP contribution in [0.15, 0.2) is 0 Å². The molecule has 0 aromatic heterocycles. The van der Waals surface area contributed by atoms with Crippen LogP contribution in [0.5, 0.6) is 0 Å². The fraction of sp³-hybridized carbons (Fsp3) is 0. The zero-order chi connectivity index (χ0) is 3.58.